The summed E-state index contributed by atoms with van der Waals surface area (Å²) in [7, 11) is -0.973. The van der Waals surface area contributed by atoms with E-state index >= 15 is 0 Å². The molecule has 19 heteroatoms. The van der Waals surface area contributed by atoms with Crippen molar-refractivity contribution in [1.82, 2.24) is 30.9 Å². The largest absolute Gasteiger partial charge is 0.492 e. The van der Waals surface area contributed by atoms with Gasteiger partial charge >= 0.3 is 0 Å². The van der Waals surface area contributed by atoms with Gasteiger partial charge in [0.15, 0.2) is 12.4 Å². The molecule has 0 saturated carbocycles. The Labute approximate surface area is 340 Å². The van der Waals surface area contributed by atoms with Crippen molar-refractivity contribution in [3.63, 3.8) is 0 Å². The summed E-state index contributed by atoms with van der Waals surface area (Å²) >= 11 is 0. The van der Waals surface area contributed by atoms with Gasteiger partial charge in [0.2, 0.25) is 33.7 Å². The van der Waals surface area contributed by atoms with Crippen LogP contribution in [0.3, 0.4) is 0 Å². The first kappa shape index (κ1) is 47.2. The molecule has 0 unspecified atom stereocenters. The van der Waals surface area contributed by atoms with Gasteiger partial charge in [-0.15, -0.1) is 0 Å². The molecule has 0 aliphatic carbocycles. The normalized spacial score (nSPS) is 18.0. The number of ketones is 1. The molecule has 2 aromatic carbocycles. The smallest absolute Gasteiger partial charge is 0.296 e. The average molecular weight is 829 g/mol. The van der Waals surface area contributed by atoms with Gasteiger partial charge in [-0.1, -0.05) is 23.4 Å². The molecule has 318 valence electrons. The number of nitrogens with zero attached hydrogens (tertiary/aromatic N) is 2. The number of nitrogens with one attached hydrogen (secondary N) is 5. The van der Waals surface area contributed by atoms with Gasteiger partial charge in [-0.3, -0.25) is 24.0 Å². The van der Waals surface area contributed by atoms with E-state index < -0.39 is 63.9 Å². The van der Waals surface area contributed by atoms with Gasteiger partial charge in [0.25, 0.3) is 13.1 Å². The summed E-state index contributed by atoms with van der Waals surface area (Å²) in [5.74, 6) is -2.73. The zero-order valence-electron chi connectivity index (χ0n) is 33.8. The van der Waals surface area contributed by atoms with Crippen molar-refractivity contribution in [2.45, 2.75) is 76.7 Å². The highest BCUT2D eigenvalue weighted by atomic mass is 32.2. The number of rotatable bonds is 20. The van der Waals surface area contributed by atoms with Crippen LogP contribution in [0.5, 0.6) is 11.5 Å². The lowest BCUT2D eigenvalue weighted by Gasteiger charge is -2.32. The lowest BCUT2D eigenvalue weighted by molar-refractivity contribution is -0.141. The van der Waals surface area contributed by atoms with Crippen LogP contribution in [0.2, 0.25) is 0 Å². The molecule has 2 aromatic rings. The van der Waals surface area contributed by atoms with Crippen LogP contribution in [-0.2, 0) is 40.4 Å². The summed E-state index contributed by atoms with van der Waals surface area (Å²) in [4.78, 5) is 73.0. The predicted octanol–water partition coefficient (Wildman–Crippen LogP) is -0.192. The first-order valence-electron chi connectivity index (χ1n) is 19.2. The number of fused-ring (bicyclic) bond motifs is 5. The second-order valence-electron chi connectivity index (χ2n) is 14.0. The lowest BCUT2D eigenvalue weighted by atomic mass is 9.93. The molecule has 4 amide bonds. The fourth-order valence-electron chi connectivity index (χ4n) is 6.15. The fraction of sp³-hybridized carbons (Fsp3) is 0.538. The van der Waals surface area contributed by atoms with Crippen LogP contribution < -0.4 is 46.9 Å². The molecule has 0 aromatic heterocycles. The predicted molar refractivity (Wildman–Crippen MR) is 220 cm³/mol. The number of carbonyl (C=O) groups is 5. The summed E-state index contributed by atoms with van der Waals surface area (Å²) in [5.41, 5.74) is 13.3. The molecule has 0 radical (unpaired) electrons. The van der Waals surface area contributed by atoms with E-state index in [9.17, 15) is 32.4 Å². The molecular weight excluding hydrogens is 771 g/mol. The Bertz CT molecular complexity index is 1920. The van der Waals surface area contributed by atoms with Gasteiger partial charge in [-0.25, -0.2) is 13.1 Å². The monoisotopic (exact) mass is 828 g/mol. The Morgan fingerprint density at radius 3 is 2.31 bits per heavy atom. The van der Waals surface area contributed by atoms with Gasteiger partial charge in [0.05, 0.1) is 11.8 Å². The van der Waals surface area contributed by atoms with Crippen molar-refractivity contribution in [2.24, 2.45) is 11.5 Å². The molecule has 5 atom stereocenters. The van der Waals surface area contributed by atoms with Crippen molar-refractivity contribution in [1.29, 1.82) is 0 Å². The molecule has 3 rings (SSSR count). The first-order chi connectivity index (χ1) is 27.6. The van der Waals surface area contributed by atoms with Crippen molar-refractivity contribution in [2.75, 3.05) is 59.2 Å². The first-order valence-corrected chi connectivity index (χ1v) is 20.8. The third kappa shape index (κ3) is 13.5. The van der Waals surface area contributed by atoms with Crippen LogP contribution in [0.1, 0.15) is 57.2 Å². The number of likely N-dealkylation sites (N-methyl/N-ethyl adjacent to an activating group) is 1. The third-order valence-corrected chi connectivity index (χ3v) is 10.9. The van der Waals surface area contributed by atoms with Crippen molar-refractivity contribution < 1.29 is 41.9 Å². The van der Waals surface area contributed by atoms with Crippen LogP contribution in [-0.4, -0.2) is 126 Å². The van der Waals surface area contributed by atoms with Crippen LogP contribution in [0.25, 0.3) is 16.0 Å². The number of unbranched alkanes of at least 4 members (excludes halogenated alkanes) is 1. The Morgan fingerprint density at radius 1 is 1.00 bits per heavy atom. The summed E-state index contributed by atoms with van der Waals surface area (Å²) in [6.07, 6.45) is 1.00. The summed E-state index contributed by atoms with van der Waals surface area (Å²) in [6.45, 7) is 10.7. The standard InChI is InChI=1S/C39H57N9O9S/c1-24(26(3)49)44-37(51)32-22-27-10-12-33(56-18-15-41)29(21-27)30-23-28(11-13-34(30)57-19-16-42-4)35(38(52)45-25(2)36(50)46-32)48(6)39(53)31(9-7-8-14-40)47-58(54,55)20-17-43-5/h4,10-13,21,23-25,31-32,35,43,47H,7-9,14-20,22,40-41H2,1-3,5-6H3,(H2-,44,45,46,50,51,52)/p+1/t24-,25-,31-,32-,35-/m0/s1. The Kier molecular flexibility index (Phi) is 18.5. The molecule has 18 nitrogen and oxygen atoms in total. The minimum absolute atomic E-state index is 0.0232. The molecule has 58 heavy (non-hydrogen) atoms. The van der Waals surface area contributed by atoms with Gasteiger partial charge < -0.3 is 47.1 Å². The zero-order chi connectivity index (χ0) is 43.0. The molecule has 9 N–H and O–H groups in total. The van der Waals surface area contributed by atoms with Crippen LogP contribution in [0.15, 0.2) is 36.4 Å². The van der Waals surface area contributed by atoms with Gasteiger partial charge in [-0.05, 0) is 82.6 Å². The third-order valence-electron chi connectivity index (χ3n) is 9.47. The summed E-state index contributed by atoms with van der Waals surface area (Å²) < 4.78 is 40.8. The zero-order valence-corrected chi connectivity index (χ0v) is 34.7. The van der Waals surface area contributed by atoms with E-state index in [2.05, 4.69) is 30.8 Å². The number of amides is 4. The number of sulfonamides is 1. The van der Waals surface area contributed by atoms with Gasteiger partial charge in [0, 0.05) is 37.7 Å². The number of hydrogen-bond acceptors (Lipinski definition) is 12. The van der Waals surface area contributed by atoms with E-state index in [0.717, 1.165) is 4.90 Å². The highest BCUT2D eigenvalue weighted by Gasteiger charge is 2.37. The fourth-order valence-corrected chi connectivity index (χ4v) is 7.39. The average Bonchev–Trinajstić information content (AvgIpc) is 3.18. The Morgan fingerprint density at radius 2 is 1.67 bits per heavy atom. The number of nitrogens with two attached hydrogens (primary N) is 2. The highest BCUT2D eigenvalue weighted by molar-refractivity contribution is 7.89. The van der Waals surface area contributed by atoms with E-state index in [0.29, 0.717) is 47.6 Å². The highest BCUT2D eigenvalue weighted by Crippen LogP contribution is 2.40. The minimum Gasteiger partial charge on any atom is -0.492 e. The maximum Gasteiger partial charge on any atom is 0.296 e. The van der Waals surface area contributed by atoms with Crippen LogP contribution in [0.4, 0.5) is 0 Å². The molecule has 1 aliphatic heterocycles. The number of benzene rings is 2. The molecule has 0 saturated heterocycles. The molecule has 0 spiro atoms. The topological polar surface area (TPSA) is 258 Å². The maximum absolute atomic E-state index is 14.5. The van der Waals surface area contributed by atoms with E-state index in [1.807, 2.05) is 0 Å². The quantitative estimate of drug-likeness (QED) is 0.0858. The maximum atomic E-state index is 14.5. The molecule has 1 aliphatic rings. The van der Waals surface area contributed by atoms with Crippen molar-refractivity contribution >= 4 is 39.4 Å². The van der Waals surface area contributed by atoms with E-state index in [1.54, 1.807) is 43.4 Å². The van der Waals surface area contributed by atoms with Crippen LogP contribution >= 0.6 is 0 Å². The number of ether oxygens (including phenoxy) is 2. The molecule has 0 fully saturated rings. The number of carbonyl (C=O) groups excluding carboxylic acids is 5. The van der Waals surface area contributed by atoms with E-state index in [1.165, 1.54) is 27.8 Å². The summed E-state index contributed by atoms with van der Waals surface area (Å²) in [6, 6.07) is 4.04. The molecular formula is C39H58N9O9S+. The van der Waals surface area contributed by atoms with E-state index in [-0.39, 0.29) is 62.8 Å². The SMILES string of the molecule is C#[N+]CCOc1ccc2cc1-c1cc(ccc1OCCN)C[C@@H](C(=O)N[C@@H](C)C(C)=O)NC(=O)[C@H](C)NC(=O)[C@H]2N(C)C(=O)[C@H](CCCCN)NS(=O)(=O)CCNC. The van der Waals surface area contributed by atoms with E-state index in [4.69, 9.17) is 27.5 Å². The lowest BCUT2D eigenvalue weighted by Crippen LogP contribution is -2.56. The Balaban J connectivity index is 2.30. The number of Topliss-reactive ketones (excluding diaryl/α,β-unsaturated/α-hetero) is 1. The van der Waals surface area contributed by atoms with Gasteiger partial charge in [0.1, 0.15) is 42.3 Å². The van der Waals surface area contributed by atoms with Gasteiger partial charge in [-0.2, -0.15) is 0 Å². The second-order valence-corrected chi connectivity index (χ2v) is 15.9. The molecule has 4 bridgehead atoms. The van der Waals surface area contributed by atoms with Crippen molar-refractivity contribution in [3.8, 4) is 29.2 Å². The molecule has 1 heterocycles. The van der Waals surface area contributed by atoms with Crippen LogP contribution in [0, 0.1) is 6.57 Å². The Hall–Kier alpha value is -5.13. The summed E-state index contributed by atoms with van der Waals surface area (Å²) in [5, 5.41) is 10.8. The number of hydrogen-bond donors (Lipinski definition) is 7. The minimum atomic E-state index is -3.95. The second kappa shape index (κ2) is 22.7. The van der Waals surface area contributed by atoms with Crippen molar-refractivity contribution in [3.05, 3.63) is 52.4 Å².